The van der Waals surface area contributed by atoms with Gasteiger partial charge in [-0.1, -0.05) is 42.5 Å². The van der Waals surface area contributed by atoms with E-state index in [2.05, 4.69) is 17.6 Å². The highest BCUT2D eigenvalue weighted by atomic mass is 127. The van der Waals surface area contributed by atoms with Gasteiger partial charge in [0.2, 0.25) is 0 Å². The van der Waals surface area contributed by atoms with Crippen molar-refractivity contribution in [2.45, 2.75) is 57.6 Å². The van der Waals surface area contributed by atoms with Crippen LogP contribution in [0.1, 0.15) is 47.7 Å². The molecule has 3 unspecified atom stereocenters. The van der Waals surface area contributed by atoms with Crippen LogP contribution in [0.15, 0.2) is 59.6 Å². The van der Waals surface area contributed by atoms with E-state index in [-0.39, 0.29) is 36.6 Å². The number of nitrogens with one attached hydrogen (secondary N) is 2. The van der Waals surface area contributed by atoms with E-state index in [1.807, 2.05) is 48.5 Å². The molecule has 2 N–H and O–H groups in total. The van der Waals surface area contributed by atoms with Crippen molar-refractivity contribution in [2.75, 3.05) is 6.54 Å². The molecule has 0 radical (unpaired) electrons. The number of aliphatic imine (C=N–C) groups is 1. The Balaban J connectivity index is 0.00000272. The van der Waals surface area contributed by atoms with Crippen molar-refractivity contribution >= 4 is 35.9 Å². The van der Waals surface area contributed by atoms with E-state index in [9.17, 15) is 4.79 Å². The summed E-state index contributed by atoms with van der Waals surface area (Å²) < 4.78 is 11.4. The van der Waals surface area contributed by atoms with Crippen LogP contribution in [-0.2, 0) is 22.6 Å². The van der Waals surface area contributed by atoms with Gasteiger partial charge in [-0.3, -0.25) is 0 Å². The predicted molar refractivity (Wildman–Crippen MR) is 132 cm³/mol. The van der Waals surface area contributed by atoms with Crippen LogP contribution in [0, 0.1) is 0 Å². The number of rotatable bonds is 7. The number of guanidine groups is 1. The van der Waals surface area contributed by atoms with E-state index < -0.39 is 0 Å². The Morgan fingerprint density at radius 1 is 1.13 bits per heavy atom. The first-order valence-corrected chi connectivity index (χ1v) is 10.7. The summed E-state index contributed by atoms with van der Waals surface area (Å²) in [5.74, 6) is 0.463. The molecule has 3 atom stereocenters. The Morgan fingerprint density at radius 2 is 1.94 bits per heavy atom. The summed E-state index contributed by atoms with van der Waals surface area (Å²) in [6, 6.07) is 17.5. The lowest BCUT2D eigenvalue weighted by Gasteiger charge is -2.22. The fourth-order valence-electron chi connectivity index (χ4n) is 4.06. The van der Waals surface area contributed by atoms with E-state index in [0.717, 1.165) is 36.5 Å². The third kappa shape index (κ3) is 6.43. The van der Waals surface area contributed by atoms with Gasteiger partial charge in [0.05, 0.1) is 30.4 Å². The number of carbonyl (C=O) groups excluding carboxylic acids is 1. The van der Waals surface area contributed by atoms with Gasteiger partial charge < -0.3 is 20.1 Å². The van der Waals surface area contributed by atoms with Gasteiger partial charge in [-0.15, -0.1) is 24.0 Å². The smallest absolute Gasteiger partial charge is 0.338 e. The molecule has 0 spiro atoms. The molecule has 7 heteroatoms. The third-order valence-electron chi connectivity index (χ3n) is 5.57. The van der Waals surface area contributed by atoms with Crippen LogP contribution < -0.4 is 10.6 Å². The lowest BCUT2D eigenvalue weighted by molar-refractivity contribution is 0.0472. The third-order valence-corrected chi connectivity index (χ3v) is 5.57. The van der Waals surface area contributed by atoms with Crippen LogP contribution in [0.2, 0.25) is 0 Å². The van der Waals surface area contributed by atoms with Gasteiger partial charge >= 0.3 is 5.97 Å². The van der Waals surface area contributed by atoms with Crippen molar-refractivity contribution in [2.24, 2.45) is 4.99 Å². The van der Waals surface area contributed by atoms with Crippen LogP contribution in [0.3, 0.4) is 0 Å². The monoisotopic (exact) mass is 535 g/mol. The Morgan fingerprint density at radius 3 is 2.65 bits per heavy atom. The highest BCUT2D eigenvalue weighted by molar-refractivity contribution is 14.0. The number of hydrogen-bond donors (Lipinski definition) is 2. The van der Waals surface area contributed by atoms with Gasteiger partial charge in [-0.05, 0) is 49.4 Å². The fourth-order valence-corrected chi connectivity index (χ4v) is 4.06. The van der Waals surface area contributed by atoms with E-state index in [0.29, 0.717) is 30.4 Å². The van der Waals surface area contributed by atoms with Crippen molar-refractivity contribution in [3.05, 3.63) is 71.3 Å². The molecule has 2 aliphatic rings. The molecule has 0 aromatic heterocycles. The number of nitrogens with zero attached hydrogens (tertiary/aromatic N) is 1. The fraction of sp³-hybridized carbons (Fsp3) is 0.417. The first kappa shape index (κ1) is 23.5. The second kappa shape index (κ2) is 11.5. The molecule has 0 saturated carbocycles. The predicted octanol–water partition coefficient (Wildman–Crippen LogP) is 4.04. The molecule has 31 heavy (non-hydrogen) atoms. The summed E-state index contributed by atoms with van der Waals surface area (Å²) in [5.41, 5.74) is 2.47. The molecule has 2 aliphatic heterocycles. The zero-order valence-corrected chi connectivity index (χ0v) is 20.1. The summed E-state index contributed by atoms with van der Waals surface area (Å²) in [6.07, 6.45) is 4.02. The number of esters is 1. The summed E-state index contributed by atoms with van der Waals surface area (Å²) in [6.45, 7) is 3.59. The van der Waals surface area contributed by atoms with Gasteiger partial charge in [0, 0.05) is 6.54 Å². The lowest BCUT2D eigenvalue weighted by atomic mass is 9.96. The molecule has 2 heterocycles. The van der Waals surface area contributed by atoms with Gasteiger partial charge in [-0.2, -0.15) is 0 Å². The second-order valence-electron chi connectivity index (χ2n) is 7.82. The van der Waals surface area contributed by atoms with E-state index in [1.54, 1.807) is 6.07 Å². The minimum absolute atomic E-state index is 0. The van der Waals surface area contributed by atoms with Gasteiger partial charge in [0.25, 0.3) is 0 Å². The molecule has 6 nitrogen and oxygen atoms in total. The second-order valence-corrected chi connectivity index (χ2v) is 7.82. The Bertz CT molecular complexity index is 891. The molecule has 2 fully saturated rings. The maximum atomic E-state index is 12.4. The topological polar surface area (TPSA) is 72.0 Å². The standard InChI is InChI=1S/C24H29N3O3.HI/c1-2-25-24(27-21-14-20-11-12-22(21)30-20)26-15-18-9-6-10-19(13-18)23(28)29-16-17-7-4-3-5-8-17;/h3-10,13,20-22H,2,11-12,14-16H2,1H3,(H2,25,26,27);1H. The van der Waals surface area contributed by atoms with E-state index >= 15 is 0 Å². The van der Waals surface area contributed by atoms with Crippen LogP contribution in [-0.4, -0.2) is 36.7 Å². The average molecular weight is 535 g/mol. The normalized spacial score (nSPS) is 22.0. The molecule has 2 saturated heterocycles. The number of hydrogen-bond acceptors (Lipinski definition) is 4. The molecule has 2 aromatic rings. The zero-order chi connectivity index (χ0) is 20.8. The first-order valence-electron chi connectivity index (χ1n) is 10.7. The largest absolute Gasteiger partial charge is 0.457 e. The summed E-state index contributed by atoms with van der Waals surface area (Å²) in [7, 11) is 0. The van der Waals surface area contributed by atoms with Crippen molar-refractivity contribution < 1.29 is 14.3 Å². The van der Waals surface area contributed by atoms with Crippen LogP contribution in [0.25, 0.3) is 0 Å². The first-order chi connectivity index (χ1) is 14.7. The van der Waals surface area contributed by atoms with E-state index in [1.165, 1.54) is 6.42 Å². The minimum Gasteiger partial charge on any atom is -0.457 e. The SMILES string of the molecule is CCNC(=NCc1cccc(C(=O)OCc2ccccc2)c1)NC1CC2CCC1O2.I. The number of ether oxygens (including phenoxy) is 2. The van der Waals surface area contributed by atoms with Crippen LogP contribution in [0.4, 0.5) is 0 Å². The number of benzene rings is 2. The molecular weight excluding hydrogens is 505 g/mol. The number of fused-ring (bicyclic) bond motifs is 2. The summed E-state index contributed by atoms with van der Waals surface area (Å²) in [5, 5.41) is 6.82. The molecule has 0 aliphatic carbocycles. The van der Waals surface area contributed by atoms with Crippen molar-refractivity contribution in [3.63, 3.8) is 0 Å². The number of carbonyl (C=O) groups is 1. The highest BCUT2D eigenvalue weighted by Crippen LogP contribution is 2.34. The molecule has 166 valence electrons. The Kier molecular flexibility index (Phi) is 8.71. The zero-order valence-electron chi connectivity index (χ0n) is 17.8. The lowest BCUT2D eigenvalue weighted by Crippen LogP contribution is -2.47. The van der Waals surface area contributed by atoms with E-state index in [4.69, 9.17) is 14.5 Å². The van der Waals surface area contributed by atoms with Gasteiger partial charge in [0.1, 0.15) is 6.61 Å². The minimum atomic E-state index is -0.325. The highest BCUT2D eigenvalue weighted by Gasteiger charge is 2.41. The maximum absolute atomic E-state index is 12.4. The molecule has 4 rings (SSSR count). The molecular formula is C24H30IN3O3. The van der Waals surface area contributed by atoms with Gasteiger partial charge in [-0.25, -0.2) is 9.79 Å². The molecule has 2 aromatic carbocycles. The maximum Gasteiger partial charge on any atom is 0.338 e. The van der Waals surface area contributed by atoms with Crippen molar-refractivity contribution in [3.8, 4) is 0 Å². The number of halogens is 1. The van der Waals surface area contributed by atoms with Crippen molar-refractivity contribution in [1.82, 2.24) is 10.6 Å². The van der Waals surface area contributed by atoms with Gasteiger partial charge in [0.15, 0.2) is 5.96 Å². The summed E-state index contributed by atoms with van der Waals surface area (Å²) in [4.78, 5) is 17.1. The van der Waals surface area contributed by atoms with Crippen LogP contribution >= 0.6 is 24.0 Å². The van der Waals surface area contributed by atoms with Crippen molar-refractivity contribution in [1.29, 1.82) is 0 Å². The Hall–Kier alpha value is -2.13. The van der Waals surface area contributed by atoms with Crippen LogP contribution in [0.5, 0.6) is 0 Å². The Labute approximate surface area is 200 Å². The summed E-state index contributed by atoms with van der Waals surface area (Å²) >= 11 is 0. The molecule has 0 amide bonds. The quantitative estimate of drug-likeness (QED) is 0.243. The molecule has 2 bridgehead atoms. The average Bonchev–Trinajstić information content (AvgIpc) is 3.40.